The Bertz CT molecular complexity index is 891. The molecule has 0 aromatic heterocycles. The van der Waals surface area contributed by atoms with Crippen LogP contribution in [0.4, 0.5) is 0 Å². The smallest absolute Gasteiger partial charge is 0.277 e. The quantitative estimate of drug-likeness (QED) is 0.626. The van der Waals surface area contributed by atoms with Gasteiger partial charge in [0.15, 0.2) is 6.54 Å². The highest BCUT2D eigenvalue weighted by molar-refractivity contribution is 7.89. The number of nitrogens with zero attached hydrogens (tertiary/aromatic N) is 1. The molecule has 1 fully saturated rings. The fraction of sp³-hybridized carbons (Fsp3) is 0.409. The number of sulfonamides is 1. The molecule has 29 heavy (non-hydrogen) atoms. The second kappa shape index (κ2) is 10.0. The van der Waals surface area contributed by atoms with E-state index >= 15 is 0 Å². The van der Waals surface area contributed by atoms with Gasteiger partial charge in [-0.15, -0.1) is 0 Å². The van der Waals surface area contributed by atoms with Gasteiger partial charge in [-0.3, -0.25) is 4.79 Å². The van der Waals surface area contributed by atoms with Crippen molar-refractivity contribution in [2.45, 2.75) is 30.6 Å². The average molecular weight is 417 g/mol. The number of nitrogens with two attached hydrogens (primary N) is 2. The molecule has 4 N–H and O–H groups in total. The lowest BCUT2D eigenvalue weighted by molar-refractivity contribution is -0.644. The first-order valence-corrected chi connectivity index (χ1v) is 11.7. The molecule has 1 heterocycles. The molecule has 3 rings (SSSR count). The Morgan fingerprint density at radius 3 is 2.28 bits per heavy atom. The summed E-state index contributed by atoms with van der Waals surface area (Å²) in [6.45, 7) is 2.93. The summed E-state index contributed by atoms with van der Waals surface area (Å²) in [4.78, 5) is 14.5. The van der Waals surface area contributed by atoms with E-state index in [2.05, 4.69) is 24.3 Å². The van der Waals surface area contributed by atoms with Crippen molar-refractivity contribution in [3.63, 3.8) is 0 Å². The predicted octanol–water partition coefficient (Wildman–Crippen LogP) is 0.921. The highest BCUT2D eigenvalue weighted by atomic mass is 32.2. The van der Waals surface area contributed by atoms with Crippen molar-refractivity contribution in [3.8, 4) is 0 Å². The zero-order valence-electron chi connectivity index (χ0n) is 16.7. The molecule has 1 aliphatic rings. The topological polar surface area (TPSA) is 97.1 Å². The lowest BCUT2D eigenvalue weighted by Gasteiger charge is -2.31. The lowest BCUT2D eigenvalue weighted by atomic mass is 9.90. The van der Waals surface area contributed by atoms with Gasteiger partial charge >= 0.3 is 0 Å². The summed E-state index contributed by atoms with van der Waals surface area (Å²) in [5.74, 6) is 0.860. The molecule has 0 spiro atoms. The highest BCUT2D eigenvalue weighted by Gasteiger charge is 2.23. The number of hydrogen-bond donors (Lipinski definition) is 2. The van der Waals surface area contributed by atoms with Gasteiger partial charge < -0.3 is 10.2 Å². The molecule has 0 atom stereocenters. The zero-order chi connectivity index (χ0) is 20.7. The number of piperidine rings is 1. The van der Waals surface area contributed by atoms with Crippen molar-refractivity contribution in [1.82, 2.24) is 4.90 Å². The Labute approximate surface area is 173 Å². The summed E-state index contributed by atoms with van der Waals surface area (Å²) in [5.41, 5.74) is 2.41. The van der Waals surface area contributed by atoms with Crippen molar-refractivity contribution in [1.29, 1.82) is 0 Å². The van der Waals surface area contributed by atoms with Crippen LogP contribution in [0.2, 0.25) is 0 Å². The van der Waals surface area contributed by atoms with E-state index in [-0.39, 0.29) is 10.8 Å². The molecule has 6 nitrogen and oxygen atoms in total. The molecule has 7 heteroatoms. The Hall–Kier alpha value is -2.22. The van der Waals surface area contributed by atoms with E-state index in [1.807, 2.05) is 16.3 Å². The number of carbonyl (C=O) groups excluding carboxylic acids is 1. The van der Waals surface area contributed by atoms with Gasteiger partial charge in [-0.1, -0.05) is 42.5 Å². The molecule has 2 aromatic rings. The van der Waals surface area contributed by atoms with E-state index in [1.165, 1.54) is 17.7 Å². The van der Waals surface area contributed by atoms with E-state index < -0.39 is 10.0 Å². The van der Waals surface area contributed by atoms with Crippen molar-refractivity contribution >= 4 is 15.9 Å². The molecule has 0 unspecified atom stereocenters. The van der Waals surface area contributed by atoms with Crippen LogP contribution in [0.15, 0.2) is 59.5 Å². The Morgan fingerprint density at radius 2 is 1.66 bits per heavy atom. The number of carbonyl (C=O) groups is 1. The Kier molecular flexibility index (Phi) is 7.41. The van der Waals surface area contributed by atoms with Crippen LogP contribution in [0.25, 0.3) is 0 Å². The molecule has 1 aliphatic heterocycles. The van der Waals surface area contributed by atoms with Gasteiger partial charge in [0.2, 0.25) is 10.0 Å². The summed E-state index contributed by atoms with van der Waals surface area (Å²) in [5, 5.41) is 7.12. The molecule has 2 aromatic carbocycles. The van der Waals surface area contributed by atoms with Crippen LogP contribution in [-0.2, 0) is 27.7 Å². The van der Waals surface area contributed by atoms with E-state index in [9.17, 15) is 13.2 Å². The van der Waals surface area contributed by atoms with Crippen LogP contribution in [0, 0.1) is 5.92 Å². The fourth-order valence-corrected chi connectivity index (χ4v) is 4.32. The van der Waals surface area contributed by atoms with Gasteiger partial charge in [0.05, 0.1) is 11.4 Å². The molecular weight excluding hydrogens is 386 g/mol. The van der Waals surface area contributed by atoms with Crippen molar-refractivity contribution in [2.24, 2.45) is 11.1 Å². The maximum atomic E-state index is 12.4. The zero-order valence-corrected chi connectivity index (χ0v) is 17.5. The summed E-state index contributed by atoms with van der Waals surface area (Å²) in [6.07, 6.45) is 4.00. The SMILES string of the molecule is NS(=O)(=O)c1ccc(CC[NH2+]CC(=O)N2CCC(Cc3ccccc3)CC2)cc1. The molecule has 0 saturated carbocycles. The second-order valence-corrected chi connectivity index (χ2v) is 9.30. The van der Waals surface area contributed by atoms with Crippen LogP contribution in [0.1, 0.15) is 24.0 Å². The molecule has 1 saturated heterocycles. The van der Waals surface area contributed by atoms with Gasteiger partial charge in [0.25, 0.3) is 5.91 Å². The highest BCUT2D eigenvalue weighted by Crippen LogP contribution is 2.21. The molecule has 156 valence electrons. The number of benzene rings is 2. The van der Waals surface area contributed by atoms with Crippen LogP contribution in [0.5, 0.6) is 0 Å². The molecule has 0 bridgehead atoms. The van der Waals surface area contributed by atoms with Crippen LogP contribution in [-0.4, -0.2) is 45.4 Å². The Balaban J connectivity index is 1.34. The van der Waals surface area contributed by atoms with Crippen molar-refractivity contribution < 1.29 is 18.5 Å². The van der Waals surface area contributed by atoms with Gasteiger partial charge in [-0.2, -0.15) is 0 Å². The van der Waals surface area contributed by atoms with Crippen LogP contribution in [0.3, 0.4) is 0 Å². The lowest BCUT2D eigenvalue weighted by Crippen LogP contribution is -2.87. The maximum absolute atomic E-state index is 12.4. The largest absolute Gasteiger partial charge is 0.338 e. The molecule has 0 aliphatic carbocycles. The number of quaternary nitrogens is 1. The molecule has 1 amide bonds. The summed E-state index contributed by atoms with van der Waals surface area (Å²) in [7, 11) is -3.65. The normalized spacial score (nSPS) is 15.4. The van der Waals surface area contributed by atoms with E-state index in [0.29, 0.717) is 12.5 Å². The van der Waals surface area contributed by atoms with Gasteiger partial charge in [0, 0.05) is 19.5 Å². The molecular formula is C22H30N3O3S+. The van der Waals surface area contributed by atoms with Crippen molar-refractivity contribution in [2.75, 3.05) is 26.2 Å². The standard InChI is InChI=1S/C22H29N3O3S/c23-29(27,28)21-8-6-18(7-9-21)10-13-24-17-22(26)25-14-11-20(12-15-25)16-19-4-2-1-3-5-19/h1-9,20,24H,10-17H2,(H2,23,27,28)/p+1. The summed E-state index contributed by atoms with van der Waals surface area (Å²) in [6, 6.07) is 17.1. The van der Waals surface area contributed by atoms with E-state index in [0.717, 1.165) is 50.9 Å². The minimum absolute atomic E-state index is 0.121. The predicted molar refractivity (Wildman–Crippen MR) is 113 cm³/mol. The average Bonchev–Trinajstić information content (AvgIpc) is 2.72. The number of primary sulfonamides is 1. The minimum Gasteiger partial charge on any atom is -0.338 e. The van der Waals surface area contributed by atoms with E-state index in [1.54, 1.807) is 12.1 Å². The van der Waals surface area contributed by atoms with E-state index in [4.69, 9.17) is 5.14 Å². The van der Waals surface area contributed by atoms with Gasteiger partial charge in [0.1, 0.15) is 0 Å². The second-order valence-electron chi connectivity index (χ2n) is 7.73. The van der Waals surface area contributed by atoms with Gasteiger partial charge in [-0.25, -0.2) is 13.6 Å². The number of rotatable bonds is 8. The maximum Gasteiger partial charge on any atom is 0.277 e. The first-order chi connectivity index (χ1) is 13.9. The summed E-state index contributed by atoms with van der Waals surface area (Å²) >= 11 is 0. The third-order valence-corrected chi connectivity index (χ3v) is 6.47. The van der Waals surface area contributed by atoms with Crippen LogP contribution < -0.4 is 10.5 Å². The Morgan fingerprint density at radius 1 is 1.00 bits per heavy atom. The number of likely N-dealkylation sites (tertiary alicyclic amines) is 1. The summed E-state index contributed by atoms with van der Waals surface area (Å²) < 4.78 is 22.5. The van der Waals surface area contributed by atoms with Crippen LogP contribution >= 0.6 is 0 Å². The first kappa shape index (κ1) is 21.5. The third kappa shape index (κ3) is 6.66. The van der Waals surface area contributed by atoms with Crippen molar-refractivity contribution in [3.05, 3.63) is 65.7 Å². The third-order valence-electron chi connectivity index (χ3n) is 5.54. The number of hydrogen-bond acceptors (Lipinski definition) is 3. The monoisotopic (exact) mass is 416 g/mol. The first-order valence-electron chi connectivity index (χ1n) is 10.2. The minimum atomic E-state index is -3.65. The fourth-order valence-electron chi connectivity index (χ4n) is 3.80. The number of amides is 1. The molecule has 0 radical (unpaired) electrons. The van der Waals surface area contributed by atoms with Gasteiger partial charge in [-0.05, 0) is 48.4 Å².